The van der Waals surface area contributed by atoms with Gasteiger partial charge in [-0.1, -0.05) is 12.1 Å². The minimum absolute atomic E-state index is 0.0724. The first-order chi connectivity index (χ1) is 8.24. The smallest absolute Gasteiger partial charge is 0.384 e. The molecule has 3 nitrogen and oxygen atoms in total. The van der Waals surface area contributed by atoms with Gasteiger partial charge in [0, 0.05) is 7.11 Å². The van der Waals surface area contributed by atoms with E-state index < -0.39 is 21.6 Å². The summed E-state index contributed by atoms with van der Waals surface area (Å²) in [6.07, 6.45) is -4.41. The van der Waals surface area contributed by atoms with Crippen LogP contribution >= 0.6 is 0 Å². The minimum Gasteiger partial charge on any atom is -0.384 e. The molecule has 0 radical (unpaired) electrons. The van der Waals surface area contributed by atoms with Crippen LogP contribution in [0, 0.1) is 0 Å². The van der Waals surface area contributed by atoms with Gasteiger partial charge in [-0.25, -0.2) is 8.42 Å². The van der Waals surface area contributed by atoms with Gasteiger partial charge in [0.1, 0.15) is 0 Å². The highest BCUT2D eigenvalue weighted by Crippen LogP contribution is 2.29. The van der Waals surface area contributed by atoms with Crippen LogP contribution in [0.4, 0.5) is 13.2 Å². The normalized spacial score (nSPS) is 12.7. The molecule has 0 heterocycles. The van der Waals surface area contributed by atoms with Gasteiger partial charge in [0.25, 0.3) is 0 Å². The molecule has 1 rings (SSSR count). The van der Waals surface area contributed by atoms with E-state index in [9.17, 15) is 21.6 Å². The Morgan fingerprint density at radius 1 is 1.17 bits per heavy atom. The van der Waals surface area contributed by atoms with Gasteiger partial charge in [-0.05, 0) is 17.7 Å². The predicted octanol–water partition coefficient (Wildman–Crippen LogP) is 2.27. The van der Waals surface area contributed by atoms with E-state index in [1.54, 1.807) is 0 Å². The quantitative estimate of drug-likeness (QED) is 0.832. The number of rotatable bonds is 5. The second-order valence-electron chi connectivity index (χ2n) is 3.78. The summed E-state index contributed by atoms with van der Waals surface area (Å²) in [4.78, 5) is 0. The van der Waals surface area contributed by atoms with Crippen molar-refractivity contribution in [3.05, 3.63) is 35.4 Å². The first kappa shape index (κ1) is 15.0. The summed E-state index contributed by atoms with van der Waals surface area (Å²) >= 11 is 0. The number of hydrogen-bond donors (Lipinski definition) is 0. The van der Waals surface area contributed by atoms with E-state index >= 15 is 0 Å². The molecule has 102 valence electrons. The number of benzene rings is 1. The highest BCUT2D eigenvalue weighted by molar-refractivity contribution is 7.90. The molecule has 0 unspecified atom stereocenters. The van der Waals surface area contributed by atoms with Gasteiger partial charge in [0.05, 0.1) is 23.7 Å². The monoisotopic (exact) mass is 282 g/mol. The van der Waals surface area contributed by atoms with E-state index in [-0.39, 0.29) is 18.1 Å². The summed E-state index contributed by atoms with van der Waals surface area (Å²) in [5.74, 6) is -0.432. The maximum absolute atomic E-state index is 12.3. The fourth-order valence-electron chi connectivity index (χ4n) is 1.33. The van der Waals surface area contributed by atoms with Crippen LogP contribution in [-0.2, 0) is 26.5 Å². The molecule has 0 aliphatic heterocycles. The third-order valence-corrected chi connectivity index (χ3v) is 3.83. The molecule has 1 aromatic rings. The van der Waals surface area contributed by atoms with Crippen molar-refractivity contribution in [2.45, 2.75) is 11.9 Å². The van der Waals surface area contributed by atoms with Crippen molar-refractivity contribution < 1.29 is 26.3 Å². The highest BCUT2D eigenvalue weighted by Gasteiger charge is 2.30. The molecule has 18 heavy (non-hydrogen) atoms. The van der Waals surface area contributed by atoms with E-state index in [1.165, 1.54) is 19.2 Å². The molecular formula is C11H13F3O3S. The Hall–Kier alpha value is -1.08. The van der Waals surface area contributed by atoms with Gasteiger partial charge >= 0.3 is 6.18 Å². The van der Waals surface area contributed by atoms with E-state index in [2.05, 4.69) is 4.74 Å². The fourth-order valence-corrected chi connectivity index (χ4v) is 2.59. The Balaban J connectivity index is 2.75. The maximum atomic E-state index is 12.3. The summed E-state index contributed by atoms with van der Waals surface area (Å²) in [7, 11) is -1.97. The van der Waals surface area contributed by atoms with Gasteiger partial charge in [-0.2, -0.15) is 13.2 Å². The van der Waals surface area contributed by atoms with Crippen molar-refractivity contribution in [2.24, 2.45) is 0 Å². The molecule has 7 heteroatoms. The molecule has 0 aliphatic rings. The molecule has 0 bridgehead atoms. The first-order valence-corrected chi connectivity index (χ1v) is 6.92. The molecule has 0 aliphatic carbocycles. The molecule has 0 fully saturated rings. The van der Waals surface area contributed by atoms with E-state index in [0.29, 0.717) is 5.56 Å². The second kappa shape index (κ2) is 5.71. The van der Waals surface area contributed by atoms with Crippen molar-refractivity contribution >= 4 is 9.84 Å². The maximum Gasteiger partial charge on any atom is 0.416 e. The summed E-state index contributed by atoms with van der Waals surface area (Å²) in [5.41, 5.74) is -0.459. The Bertz CT molecular complexity index is 477. The number of methoxy groups -OCH3 is 1. The van der Waals surface area contributed by atoms with Crippen LogP contribution in [0.3, 0.4) is 0 Å². The number of halogens is 3. The lowest BCUT2D eigenvalue weighted by atomic mass is 10.1. The predicted molar refractivity (Wildman–Crippen MR) is 60.8 cm³/mol. The molecule has 0 amide bonds. The average molecular weight is 282 g/mol. The standard InChI is InChI=1S/C11H13F3O3S/c1-17-6-7-18(15,16)8-9-2-4-10(5-3-9)11(12,13)14/h2-5H,6-8H2,1H3. The van der Waals surface area contributed by atoms with Crippen molar-refractivity contribution in [3.8, 4) is 0 Å². The van der Waals surface area contributed by atoms with Gasteiger partial charge < -0.3 is 4.74 Å². The zero-order chi connectivity index (χ0) is 13.8. The van der Waals surface area contributed by atoms with Crippen LogP contribution in [0.2, 0.25) is 0 Å². The third-order valence-electron chi connectivity index (χ3n) is 2.27. The molecular weight excluding hydrogens is 269 g/mol. The molecule has 1 aromatic carbocycles. The lowest BCUT2D eigenvalue weighted by molar-refractivity contribution is -0.137. The zero-order valence-corrected chi connectivity index (χ0v) is 10.5. The number of hydrogen-bond acceptors (Lipinski definition) is 3. The zero-order valence-electron chi connectivity index (χ0n) is 9.70. The Kier molecular flexibility index (Phi) is 4.75. The topological polar surface area (TPSA) is 43.4 Å². The summed E-state index contributed by atoms with van der Waals surface area (Å²) < 4.78 is 64.6. The Morgan fingerprint density at radius 3 is 2.17 bits per heavy atom. The second-order valence-corrected chi connectivity index (χ2v) is 5.96. The first-order valence-electron chi connectivity index (χ1n) is 5.10. The fraction of sp³-hybridized carbons (Fsp3) is 0.455. The summed E-state index contributed by atoms with van der Waals surface area (Å²) in [6.45, 7) is 0.0724. The molecule has 0 saturated heterocycles. The van der Waals surface area contributed by atoms with Crippen LogP contribution in [0.25, 0.3) is 0 Å². The Morgan fingerprint density at radius 2 is 1.72 bits per heavy atom. The number of sulfone groups is 1. The van der Waals surface area contributed by atoms with Crippen molar-refractivity contribution in [1.29, 1.82) is 0 Å². The van der Waals surface area contributed by atoms with Crippen LogP contribution in [0.1, 0.15) is 11.1 Å². The van der Waals surface area contributed by atoms with E-state index in [1.807, 2.05) is 0 Å². The lowest BCUT2D eigenvalue weighted by Crippen LogP contribution is -2.13. The van der Waals surface area contributed by atoms with Crippen molar-refractivity contribution in [3.63, 3.8) is 0 Å². The van der Waals surface area contributed by atoms with Crippen molar-refractivity contribution in [1.82, 2.24) is 0 Å². The van der Waals surface area contributed by atoms with Crippen molar-refractivity contribution in [2.75, 3.05) is 19.5 Å². The van der Waals surface area contributed by atoms with Gasteiger partial charge in [0.2, 0.25) is 0 Å². The van der Waals surface area contributed by atoms with Gasteiger partial charge in [0.15, 0.2) is 9.84 Å². The number of alkyl halides is 3. The number of ether oxygens (including phenoxy) is 1. The van der Waals surface area contributed by atoms with Gasteiger partial charge in [-0.3, -0.25) is 0 Å². The third kappa shape index (κ3) is 4.66. The van der Waals surface area contributed by atoms with Crippen LogP contribution in [0.5, 0.6) is 0 Å². The van der Waals surface area contributed by atoms with Gasteiger partial charge in [-0.15, -0.1) is 0 Å². The molecule has 0 aromatic heterocycles. The summed E-state index contributed by atoms with van der Waals surface area (Å²) in [6, 6.07) is 4.10. The average Bonchev–Trinajstić information content (AvgIpc) is 2.25. The molecule has 0 spiro atoms. The molecule has 0 atom stereocenters. The summed E-state index contributed by atoms with van der Waals surface area (Å²) in [5, 5.41) is 0. The van der Waals surface area contributed by atoms with Crippen LogP contribution in [-0.4, -0.2) is 27.9 Å². The lowest BCUT2D eigenvalue weighted by Gasteiger charge is -2.08. The SMILES string of the molecule is COCCS(=O)(=O)Cc1ccc(C(F)(F)F)cc1. The minimum atomic E-state index is -4.41. The molecule has 0 N–H and O–H groups in total. The van der Waals surface area contributed by atoms with E-state index in [4.69, 9.17) is 0 Å². The van der Waals surface area contributed by atoms with E-state index in [0.717, 1.165) is 12.1 Å². The largest absolute Gasteiger partial charge is 0.416 e. The van der Waals surface area contributed by atoms with Crippen LogP contribution in [0.15, 0.2) is 24.3 Å². The molecule has 0 saturated carbocycles. The Labute approximate surface area is 103 Å². The highest BCUT2D eigenvalue weighted by atomic mass is 32.2. The van der Waals surface area contributed by atoms with Crippen LogP contribution < -0.4 is 0 Å².